The van der Waals surface area contributed by atoms with Crippen LogP contribution in [-0.2, 0) is 0 Å². The zero-order valence-electron chi connectivity index (χ0n) is 13.4. The number of aromatic nitrogens is 2. The van der Waals surface area contributed by atoms with Crippen LogP contribution >= 0.6 is 0 Å². The highest BCUT2D eigenvalue weighted by Crippen LogP contribution is 2.32. The minimum absolute atomic E-state index is 0.0684. The number of anilines is 2. The number of hydrogen-bond donors (Lipinski definition) is 2. The molecule has 0 amide bonds. The number of hydrogen-bond acceptors (Lipinski definition) is 7. The van der Waals surface area contributed by atoms with Gasteiger partial charge in [-0.3, -0.25) is 15.5 Å². The van der Waals surface area contributed by atoms with Crippen LogP contribution in [-0.4, -0.2) is 33.5 Å². The summed E-state index contributed by atoms with van der Waals surface area (Å²) in [6, 6.07) is 0. The summed E-state index contributed by atoms with van der Waals surface area (Å²) in [5.41, 5.74) is 5.57. The monoisotopic (exact) mass is 308 g/mol. The highest BCUT2D eigenvalue weighted by Gasteiger charge is 2.28. The molecule has 0 aliphatic carbocycles. The van der Waals surface area contributed by atoms with E-state index in [9.17, 15) is 10.1 Å². The smallest absolute Gasteiger partial charge is 0.351 e. The van der Waals surface area contributed by atoms with Crippen molar-refractivity contribution in [2.24, 2.45) is 0 Å². The Morgan fingerprint density at radius 2 is 1.82 bits per heavy atom. The molecule has 1 fully saturated rings. The quantitative estimate of drug-likeness (QED) is 0.651. The minimum atomic E-state index is -0.410. The molecule has 22 heavy (non-hydrogen) atoms. The second kappa shape index (κ2) is 6.87. The number of hydrazine groups is 1. The molecule has 0 radical (unpaired) electrons. The van der Waals surface area contributed by atoms with E-state index in [4.69, 9.17) is 0 Å². The van der Waals surface area contributed by atoms with Gasteiger partial charge in [0.15, 0.2) is 0 Å². The zero-order chi connectivity index (χ0) is 16.2. The van der Waals surface area contributed by atoms with Crippen molar-refractivity contribution in [2.75, 3.05) is 23.4 Å². The lowest BCUT2D eigenvalue weighted by molar-refractivity contribution is -0.383. The van der Waals surface area contributed by atoms with Gasteiger partial charge in [0.25, 0.3) is 0 Å². The summed E-state index contributed by atoms with van der Waals surface area (Å²) in [7, 11) is 0. The third-order valence-corrected chi connectivity index (χ3v) is 3.45. The van der Waals surface area contributed by atoms with Gasteiger partial charge in [0.2, 0.25) is 11.6 Å². The standard InChI is InChI=1S/C14H24N6O2/c1-14(2,3)18-17-12-11(20(21)22)13(16-10-15-12)19-8-6-4-5-7-9-19/h10,18H,4-9H2,1-3H3,(H,15,16,17). The number of nitrogens with zero attached hydrogens (tertiary/aromatic N) is 4. The van der Waals surface area contributed by atoms with E-state index >= 15 is 0 Å². The largest absolute Gasteiger partial charge is 0.354 e. The predicted molar refractivity (Wildman–Crippen MR) is 85.9 cm³/mol. The first kappa shape index (κ1) is 16.4. The van der Waals surface area contributed by atoms with Crippen molar-refractivity contribution in [1.29, 1.82) is 0 Å². The van der Waals surface area contributed by atoms with E-state index in [1.807, 2.05) is 25.7 Å². The Morgan fingerprint density at radius 3 is 2.36 bits per heavy atom. The minimum Gasteiger partial charge on any atom is -0.351 e. The maximum absolute atomic E-state index is 11.5. The van der Waals surface area contributed by atoms with E-state index in [0.29, 0.717) is 5.82 Å². The molecule has 8 nitrogen and oxygen atoms in total. The Hall–Kier alpha value is -1.96. The highest BCUT2D eigenvalue weighted by molar-refractivity contribution is 5.70. The summed E-state index contributed by atoms with van der Waals surface area (Å²) in [5.74, 6) is 0.606. The first-order valence-corrected chi connectivity index (χ1v) is 7.66. The molecular formula is C14H24N6O2. The summed E-state index contributed by atoms with van der Waals surface area (Å²) in [4.78, 5) is 21.3. The number of nitro groups is 1. The van der Waals surface area contributed by atoms with Gasteiger partial charge in [-0.2, -0.15) is 0 Å². The number of rotatable bonds is 4. The molecule has 1 aliphatic rings. The van der Waals surface area contributed by atoms with Crippen LogP contribution in [0, 0.1) is 10.1 Å². The van der Waals surface area contributed by atoms with Crippen molar-refractivity contribution in [1.82, 2.24) is 15.4 Å². The molecule has 0 saturated carbocycles. The first-order chi connectivity index (χ1) is 10.4. The molecule has 2 rings (SSSR count). The molecule has 8 heteroatoms. The van der Waals surface area contributed by atoms with Crippen LogP contribution in [0.1, 0.15) is 46.5 Å². The lowest BCUT2D eigenvalue weighted by Gasteiger charge is -2.23. The summed E-state index contributed by atoms with van der Waals surface area (Å²) in [5, 5.41) is 11.5. The van der Waals surface area contributed by atoms with E-state index < -0.39 is 4.92 Å². The molecule has 0 bridgehead atoms. The van der Waals surface area contributed by atoms with Crippen LogP contribution in [0.2, 0.25) is 0 Å². The molecule has 2 N–H and O–H groups in total. The Bertz CT molecular complexity index is 521. The van der Waals surface area contributed by atoms with Gasteiger partial charge < -0.3 is 4.90 Å². The van der Waals surface area contributed by atoms with E-state index in [2.05, 4.69) is 20.8 Å². The molecule has 1 saturated heterocycles. The average Bonchev–Trinajstić information content (AvgIpc) is 2.72. The van der Waals surface area contributed by atoms with E-state index in [1.54, 1.807) is 0 Å². The lowest BCUT2D eigenvalue weighted by atomic mass is 10.1. The van der Waals surface area contributed by atoms with Gasteiger partial charge in [-0.15, -0.1) is 0 Å². The summed E-state index contributed by atoms with van der Waals surface area (Å²) < 4.78 is 0. The molecular weight excluding hydrogens is 284 g/mol. The van der Waals surface area contributed by atoms with Crippen LogP contribution in [0.25, 0.3) is 0 Å². The van der Waals surface area contributed by atoms with Crippen molar-refractivity contribution in [3.63, 3.8) is 0 Å². The van der Waals surface area contributed by atoms with Crippen molar-refractivity contribution < 1.29 is 4.92 Å². The lowest BCUT2D eigenvalue weighted by Crippen LogP contribution is -2.40. The van der Waals surface area contributed by atoms with Gasteiger partial charge in [-0.1, -0.05) is 12.8 Å². The van der Waals surface area contributed by atoms with Crippen LogP contribution in [0.4, 0.5) is 17.3 Å². The van der Waals surface area contributed by atoms with Crippen molar-refractivity contribution >= 4 is 17.3 Å². The summed E-state index contributed by atoms with van der Waals surface area (Å²) in [6.45, 7) is 7.47. The Labute approximate surface area is 130 Å². The molecule has 1 aromatic heterocycles. The van der Waals surface area contributed by atoms with E-state index in [1.165, 1.54) is 6.33 Å². The van der Waals surface area contributed by atoms with Gasteiger partial charge in [0.05, 0.1) is 4.92 Å². The summed E-state index contributed by atoms with van der Waals surface area (Å²) in [6.07, 6.45) is 5.76. The second-order valence-corrected chi connectivity index (χ2v) is 6.55. The molecule has 1 aliphatic heterocycles. The molecule has 122 valence electrons. The fourth-order valence-electron chi connectivity index (χ4n) is 2.39. The van der Waals surface area contributed by atoms with Gasteiger partial charge in [0, 0.05) is 18.6 Å². The third-order valence-electron chi connectivity index (χ3n) is 3.45. The van der Waals surface area contributed by atoms with Crippen molar-refractivity contribution in [3.05, 3.63) is 16.4 Å². The fourth-order valence-corrected chi connectivity index (χ4v) is 2.39. The zero-order valence-corrected chi connectivity index (χ0v) is 13.4. The average molecular weight is 308 g/mol. The molecule has 0 spiro atoms. The van der Waals surface area contributed by atoms with Crippen molar-refractivity contribution in [3.8, 4) is 0 Å². The van der Waals surface area contributed by atoms with Gasteiger partial charge in [-0.05, 0) is 33.6 Å². The topological polar surface area (TPSA) is 96.2 Å². The predicted octanol–water partition coefficient (Wildman–Crippen LogP) is 2.48. The van der Waals surface area contributed by atoms with E-state index in [-0.39, 0.29) is 17.0 Å². The molecule has 2 heterocycles. The molecule has 0 aromatic carbocycles. The maximum atomic E-state index is 11.5. The first-order valence-electron chi connectivity index (χ1n) is 7.66. The van der Waals surface area contributed by atoms with E-state index in [0.717, 1.165) is 38.8 Å². The Balaban J connectivity index is 2.31. The summed E-state index contributed by atoms with van der Waals surface area (Å²) >= 11 is 0. The fraction of sp³-hybridized carbons (Fsp3) is 0.714. The second-order valence-electron chi connectivity index (χ2n) is 6.55. The number of nitrogens with one attached hydrogen (secondary N) is 2. The molecule has 0 unspecified atom stereocenters. The van der Waals surface area contributed by atoms with Crippen LogP contribution in [0.3, 0.4) is 0 Å². The van der Waals surface area contributed by atoms with Gasteiger partial charge >= 0.3 is 5.69 Å². The van der Waals surface area contributed by atoms with Gasteiger partial charge in [-0.25, -0.2) is 15.4 Å². The highest BCUT2D eigenvalue weighted by atomic mass is 16.6. The van der Waals surface area contributed by atoms with Crippen LogP contribution in [0.5, 0.6) is 0 Å². The normalized spacial score (nSPS) is 16.2. The van der Waals surface area contributed by atoms with Crippen LogP contribution < -0.4 is 15.8 Å². The van der Waals surface area contributed by atoms with Crippen LogP contribution in [0.15, 0.2) is 6.33 Å². The molecule has 0 atom stereocenters. The van der Waals surface area contributed by atoms with Crippen molar-refractivity contribution in [2.45, 2.75) is 52.0 Å². The Morgan fingerprint density at radius 1 is 1.18 bits per heavy atom. The maximum Gasteiger partial charge on any atom is 0.354 e. The molecule has 1 aromatic rings. The third kappa shape index (κ3) is 4.27. The van der Waals surface area contributed by atoms with Gasteiger partial charge in [0.1, 0.15) is 6.33 Å². The Kier molecular flexibility index (Phi) is 5.12. The SMILES string of the molecule is CC(C)(C)NNc1ncnc(N2CCCCCC2)c1[N+](=O)[O-].